The van der Waals surface area contributed by atoms with Crippen LogP contribution in [-0.4, -0.2) is 93.1 Å². The van der Waals surface area contributed by atoms with Crippen molar-refractivity contribution in [2.45, 2.75) is 95.8 Å². The molecule has 298 valence electrons. The lowest BCUT2D eigenvalue weighted by atomic mass is 10.0. The molecular weight excluding hydrogens is 729 g/mol. The Bertz CT molecular complexity index is 1910. The summed E-state index contributed by atoms with van der Waals surface area (Å²) in [5.74, 6) is -0.566. The summed E-state index contributed by atoms with van der Waals surface area (Å²) in [7, 11) is -2.81. The lowest BCUT2D eigenvalue weighted by Gasteiger charge is -2.29. The highest BCUT2D eigenvalue weighted by Gasteiger charge is 2.35. The molecule has 4 atom stereocenters. The Kier molecular flexibility index (Phi) is 13.6. The molecule has 4 amide bonds. The topological polar surface area (TPSA) is 198 Å². The van der Waals surface area contributed by atoms with Gasteiger partial charge in [0.2, 0.25) is 33.7 Å². The lowest BCUT2D eigenvalue weighted by molar-refractivity contribution is -0.140. The summed E-state index contributed by atoms with van der Waals surface area (Å²) < 4.78 is 46.5. The number of sulfonamides is 1. The third-order valence-corrected chi connectivity index (χ3v) is 11.3. The Morgan fingerprint density at radius 2 is 1.65 bits per heavy atom. The summed E-state index contributed by atoms with van der Waals surface area (Å²) in [6.07, 6.45) is 2.41. The summed E-state index contributed by atoms with van der Waals surface area (Å²) in [5, 5.41) is 12.3. The van der Waals surface area contributed by atoms with Gasteiger partial charge in [-0.25, -0.2) is 8.42 Å². The molecule has 1 saturated carbocycles. The monoisotopic (exact) mass is 780 g/mol. The molecule has 3 heterocycles. The zero-order valence-electron chi connectivity index (χ0n) is 32.2. The SMILES string of the molecule is COc1ccc(C[C@@H]2NC(=O)[C@@H](NS(=O)(=O)c3c(C)noc3C)Cc3ccc(cc3)OC[C@H](CC(C)C)NC(=O)CN(CC3CC3)C(=O)[C@@H](C)NC2=O)cc1. The molecule has 2 aliphatic heterocycles. The molecule has 16 heteroatoms. The number of benzene rings is 2. The summed E-state index contributed by atoms with van der Waals surface area (Å²) in [4.78, 5) is 56.9. The van der Waals surface area contributed by atoms with Crippen LogP contribution in [0.25, 0.3) is 0 Å². The van der Waals surface area contributed by atoms with Crippen LogP contribution in [0.5, 0.6) is 11.5 Å². The van der Waals surface area contributed by atoms with Crippen molar-refractivity contribution in [1.82, 2.24) is 30.7 Å². The minimum Gasteiger partial charge on any atom is -0.497 e. The first-order valence-corrected chi connectivity index (χ1v) is 20.1. The highest BCUT2D eigenvalue weighted by Crippen LogP contribution is 2.30. The number of hydrogen-bond donors (Lipinski definition) is 4. The molecule has 0 radical (unpaired) electrons. The molecule has 0 unspecified atom stereocenters. The lowest BCUT2D eigenvalue weighted by Crippen LogP contribution is -2.58. The molecule has 1 aliphatic carbocycles. The molecule has 55 heavy (non-hydrogen) atoms. The van der Waals surface area contributed by atoms with Crippen LogP contribution in [0.4, 0.5) is 0 Å². The van der Waals surface area contributed by atoms with E-state index in [0.717, 1.165) is 12.8 Å². The molecule has 3 aromatic rings. The maximum atomic E-state index is 14.2. The molecule has 1 fully saturated rings. The van der Waals surface area contributed by atoms with Gasteiger partial charge in [0.05, 0.1) is 19.7 Å². The van der Waals surface area contributed by atoms with Crippen molar-refractivity contribution in [2.75, 3.05) is 26.8 Å². The van der Waals surface area contributed by atoms with Crippen LogP contribution in [0, 0.1) is 25.7 Å². The first-order valence-electron chi connectivity index (χ1n) is 18.6. The van der Waals surface area contributed by atoms with Crippen molar-refractivity contribution in [1.29, 1.82) is 0 Å². The molecule has 2 bridgehead atoms. The van der Waals surface area contributed by atoms with E-state index in [9.17, 15) is 27.6 Å². The molecule has 1 aromatic heterocycles. The van der Waals surface area contributed by atoms with Gasteiger partial charge in [0.1, 0.15) is 46.8 Å². The van der Waals surface area contributed by atoms with Gasteiger partial charge in [-0.2, -0.15) is 4.72 Å². The standard InChI is InChI=1S/C39H52N6O9S/c1-23(2)17-30-22-53-32-15-11-28(12-16-32)19-34(44-55(50,51)36-24(3)43-54-26(36)5)38(48)42-33(18-27-9-13-31(52-6)14-10-27)37(47)40-25(4)39(49)45(20-29-7-8-29)21-35(46)41-30/h9-16,23,25,29-30,33-34,44H,7-8,17-22H2,1-6H3,(H,40,47)(H,41,46)(H,42,48)/t25-,30+,33+,34+/m1/s1. The van der Waals surface area contributed by atoms with Gasteiger partial charge in [-0.05, 0) is 93.7 Å². The number of rotatable bonds is 10. The van der Waals surface area contributed by atoms with Crippen molar-refractivity contribution in [3.8, 4) is 11.5 Å². The third-order valence-electron chi connectivity index (χ3n) is 9.57. The minimum atomic E-state index is -4.34. The van der Waals surface area contributed by atoms with Crippen LogP contribution in [0.15, 0.2) is 57.9 Å². The number of nitrogens with one attached hydrogen (secondary N) is 4. The van der Waals surface area contributed by atoms with Gasteiger partial charge in [-0.1, -0.05) is 43.3 Å². The largest absolute Gasteiger partial charge is 0.497 e. The van der Waals surface area contributed by atoms with E-state index in [1.807, 2.05) is 13.8 Å². The number of amides is 4. The van der Waals surface area contributed by atoms with Gasteiger partial charge in [-0.15, -0.1) is 0 Å². The fourth-order valence-electron chi connectivity index (χ4n) is 6.60. The zero-order valence-corrected chi connectivity index (χ0v) is 33.0. The molecule has 4 N–H and O–H groups in total. The summed E-state index contributed by atoms with van der Waals surface area (Å²) >= 11 is 0. The number of nitrogens with zero attached hydrogens (tertiary/aromatic N) is 2. The Morgan fingerprint density at radius 3 is 2.25 bits per heavy atom. The number of methoxy groups -OCH3 is 1. The first-order chi connectivity index (χ1) is 26.1. The van der Waals surface area contributed by atoms with E-state index in [0.29, 0.717) is 35.6 Å². The van der Waals surface area contributed by atoms with Crippen molar-refractivity contribution in [2.24, 2.45) is 11.8 Å². The number of ether oxygens (including phenoxy) is 2. The fourth-order valence-corrected chi connectivity index (χ4v) is 8.13. The first kappa shape index (κ1) is 41.2. The smallest absolute Gasteiger partial charge is 0.246 e. The van der Waals surface area contributed by atoms with E-state index < -0.39 is 45.9 Å². The van der Waals surface area contributed by atoms with Gasteiger partial charge in [-0.3, -0.25) is 19.2 Å². The Hall–Kier alpha value is -4.96. The quantitative estimate of drug-likeness (QED) is 0.222. The molecule has 0 spiro atoms. The average molecular weight is 781 g/mol. The summed E-state index contributed by atoms with van der Waals surface area (Å²) in [6, 6.07) is 9.75. The average Bonchev–Trinajstić information content (AvgIpc) is 3.89. The molecule has 6 rings (SSSR count). The van der Waals surface area contributed by atoms with Crippen molar-refractivity contribution >= 4 is 33.7 Å². The van der Waals surface area contributed by atoms with E-state index in [4.69, 9.17) is 14.0 Å². The molecule has 0 saturated heterocycles. The van der Waals surface area contributed by atoms with Gasteiger partial charge in [0.15, 0.2) is 5.76 Å². The fraction of sp³-hybridized carbons (Fsp3) is 0.513. The molecule has 15 nitrogen and oxygen atoms in total. The van der Waals surface area contributed by atoms with Crippen molar-refractivity contribution < 1.29 is 41.6 Å². The predicted molar refractivity (Wildman–Crippen MR) is 203 cm³/mol. The number of aromatic nitrogens is 1. The van der Waals surface area contributed by atoms with Crippen LogP contribution in [0.3, 0.4) is 0 Å². The highest BCUT2D eigenvalue weighted by atomic mass is 32.2. The second-order valence-corrected chi connectivity index (χ2v) is 16.5. The summed E-state index contributed by atoms with van der Waals surface area (Å²) in [6.45, 7) is 8.90. The number of hydrogen-bond acceptors (Lipinski definition) is 10. The second-order valence-electron chi connectivity index (χ2n) is 14.9. The van der Waals surface area contributed by atoms with E-state index >= 15 is 0 Å². The zero-order chi connectivity index (χ0) is 39.9. The van der Waals surface area contributed by atoms with E-state index in [1.165, 1.54) is 32.8 Å². The van der Waals surface area contributed by atoms with Crippen LogP contribution in [0.1, 0.15) is 62.6 Å². The van der Waals surface area contributed by atoms with Gasteiger partial charge in [0.25, 0.3) is 0 Å². The van der Waals surface area contributed by atoms with Crippen LogP contribution >= 0.6 is 0 Å². The van der Waals surface area contributed by atoms with Crippen molar-refractivity contribution in [3.05, 3.63) is 71.1 Å². The minimum absolute atomic E-state index is 0.00326. The van der Waals surface area contributed by atoms with E-state index in [1.54, 1.807) is 48.5 Å². The third kappa shape index (κ3) is 11.5. The number of carbonyl (C=O) groups is 4. The van der Waals surface area contributed by atoms with Crippen LogP contribution in [-0.2, 0) is 42.0 Å². The molecule has 3 aliphatic rings. The Morgan fingerprint density at radius 1 is 0.964 bits per heavy atom. The normalized spacial score (nSPS) is 22.1. The van der Waals surface area contributed by atoms with Crippen LogP contribution in [0.2, 0.25) is 0 Å². The molecule has 2 aromatic carbocycles. The van der Waals surface area contributed by atoms with Crippen LogP contribution < -0.4 is 30.1 Å². The van der Waals surface area contributed by atoms with Gasteiger partial charge in [0, 0.05) is 13.0 Å². The van der Waals surface area contributed by atoms with E-state index in [2.05, 4.69) is 25.8 Å². The van der Waals surface area contributed by atoms with Crippen molar-refractivity contribution in [3.63, 3.8) is 0 Å². The molecular formula is C39H52N6O9S. The number of carbonyl (C=O) groups excluding carboxylic acids is 4. The Labute approximate surface area is 322 Å². The van der Waals surface area contributed by atoms with Gasteiger partial charge >= 0.3 is 0 Å². The maximum absolute atomic E-state index is 14.2. The predicted octanol–water partition coefficient (Wildman–Crippen LogP) is 2.58. The summed E-state index contributed by atoms with van der Waals surface area (Å²) in [5.41, 5.74) is 1.39. The maximum Gasteiger partial charge on any atom is 0.246 e. The second kappa shape index (κ2) is 18.1. The van der Waals surface area contributed by atoms with E-state index in [-0.39, 0.29) is 66.1 Å². The Balaban J connectivity index is 1.51. The number of fused-ring (bicyclic) bond motifs is 17. The van der Waals surface area contributed by atoms with Gasteiger partial charge < -0.3 is 34.8 Å². The highest BCUT2D eigenvalue weighted by molar-refractivity contribution is 7.89. The number of aryl methyl sites for hydroxylation is 2.